The van der Waals surface area contributed by atoms with Crippen LogP contribution in [0.5, 0.6) is 0 Å². The summed E-state index contributed by atoms with van der Waals surface area (Å²) in [6.07, 6.45) is 4.68. The number of nitrogens with one attached hydrogen (secondary N) is 2. The van der Waals surface area contributed by atoms with Crippen molar-refractivity contribution < 1.29 is 9.21 Å². The van der Waals surface area contributed by atoms with E-state index in [-0.39, 0.29) is 5.91 Å². The molecular weight excluding hydrogens is 290 g/mol. The first-order valence-corrected chi connectivity index (χ1v) is 8.22. The van der Waals surface area contributed by atoms with Crippen molar-refractivity contribution >= 4 is 5.91 Å². The molecule has 1 saturated heterocycles. The summed E-state index contributed by atoms with van der Waals surface area (Å²) in [5.41, 5.74) is 2.22. The summed E-state index contributed by atoms with van der Waals surface area (Å²) in [5, 5.41) is 6.38. The summed E-state index contributed by atoms with van der Waals surface area (Å²) in [7, 11) is 0. The summed E-state index contributed by atoms with van der Waals surface area (Å²) in [6, 6.07) is 8.43. The summed E-state index contributed by atoms with van der Waals surface area (Å²) in [4.78, 5) is 16.3. The normalized spacial score (nSPS) is 15.5. The van der Waals surface area contributed by atoms with Gasteiger partial charge in [-0.3, -0.25) is 4.79 Å². The van der Waals surface area contributed by atoms with Crippen LogP contribution < -0.4 is 10.6 Å². The van der Waals surface area contributed by atoms with Crippen LogP contribution in [0, 0.1) is 6.92 Å². The monoisotopic (exact) mass is 313 g/mol. The van der Waals surface area contributed by atoms with Crippen molar-refractivity contribution in [2.45, 2.75) is 38.6 Å². The number of carbonyl (C=O) groups excluding carboxylic acids is 1. The van der Waals surface area contributed by atoms with Gasteiger partial charge in [0.2, 0.25) is 5.91 Å². The van der Waals surface area contributed by atoms with Crippen LogP contribution in [0.1, 0.15) is 30.7 Å². The number of aryl methyl sites for hydroxylation is 2. The minimum absolute atomic E-state index is 0.0759. The molecule has 0 atom stereocenters. The molecule has 1 amide bonds. The Morgan fingerprint density at radius 3 is 2.78 bits per heavy atom. The quantitative estimate of drug-likeness (QED) is 0.890. The van der Waals surface area contributed by atoms with Crippen LogP contribution in [0.2, 0.25) is 0 Å². The van der Waals surface area contributed by atoms with E-state index in [0.29, 0.717) is 24.8 Å². The minimum atomic E-state index is 0.0759. The molecule has 1 aromatic carbocycles. The Balaban J connectivity index is 1.50. The first-order valence-electron chi connectivity index (χ1n) is 8.22. The first-order chi connectivity index (χ1) is 11.2. The lowest BCUT2D eigenvalue weighted by Gasteiger charge is -2.23. The average molecular weight is 313 g/mol. The highest BCUT2D eigenvalue weighted by Crippen LogP contribution is 2.21. The average Bonchev–Trinajstić information content (AvgIpc) is 3.04. The van der Waals surface area contributed by atoms with Gasteiger partial charge in [0.25, 0.3) is 0 Å². The number of benzene rings is 1. The fourth-order valence-corrected chi connectivity index (χ4v) is 2.76. The maximum Gasteiger partial charge on any atom is 0.220 e. The zero-order valence-electron chi connectivity index (χ0n) is 13.5. The van der Waals surface area contributed by atoms with Crippen molar-refractivity contribution in [1.29, 1.82) is 0 Å². The molecule has 5 heteroatoms. The van der Waals surface area contributed by atoms with E-state index >= 15 is 0 Å². The molecule has 1 aliphatic rings. The highest BCUT2D eigenvalue weighted by Gasteiger charge is 2.16. The molecule has 0 unspecified atom stereocenters. The summed E-state index contributed by atoms with van der Waals surface area (Å²) in [5.74, 6) is 1.44. The zero-order valence-corrected chi connectivity index (χ0v) is 13.5. The number of rotatable bonds is 5. The lowest BCUT2D eigenvalue weighted by atomic mass is 10.1. The van der Waals surface area contributed by atoms with Crippen molar-refractivity contribution in [3.63, 3.8) is 0 Å². The Hall–Kier alpha value is -2.14. The van der Waals surface area contributed by atoms with Crippen LogP contribution in [0.25, 0.3) is 11.3 Å². The standard InChI is InChI=1S/C18H23N3O2/c1-13-2-4-14(5-3-13)16-12-20-18(23-16)7-6-17(22)21-15-8-10-19-11-9-15/h2-5,12,15,19H,6-11H2,1H3,(H,21,22). The predicted octanol–water partition coefficient (Wildman–Crippen LogP) is 2.45. The molecule has 0 bridgehead atoms. The molecule has 1 aromatic heterocycles. The van der Waals surface area contributed by atoms with Gasteiger partial charge < -0.3 is 15.1 Å². The Labute approximate surface area is 136 Å². The third kappa shape index (κ3) is 4.42. The molecule has 0 saturated carbocycles. The highest BCUT2D eigenvalue weighted by molar-refractivity contribution is 5.76. The van der Waals surface area contributed by atoms with Crippen molar-refractivity contribution in [2.75, 3.05) is 13.1 Å². The van der Waals surface area contributed by atoms with Crippen LogP contribution in [-0.4, -0.2) is 30.0 Å². The van der Waals surface area contributed by atoms with Crippen molar-refractivity contribution in [1.82, 2.24) is 15.6 Å². The van der Waals surface area contributed by atoms with Gasteiger partial charge in [0.15, 0.2) is 11.7 Å². The second-order valence-corrected chi connectivity index (χ2v) is 6.08. The molecule has 1 aliphatic heterocycles. The number of hydrogen-bond acceptors (Lipinski definition) is 4. The zero-order chi connectivity index (χ0) is 16.1. The summed E-state index contributed by atoms with van der Waals surface area (Å²) in [6.45, 7) is 4.01. The van der Waals surface area contributed by atoms with Crippen molar-refractivity contribution in [3.05, 3.63) is 41.9 Å². The Morgan fingerprint density at radius 1 is 1.30 bits per heavy atom. The highest BCUT2D eigenvalue weighted by atomic mass is 16.4. The Kier molecular flexibility index (Phi) is 5.08. The van der Waals surface area contributed by atoms with Crippen LogP contribution in [-0.2, 0) is 11.2 Å². The molecule has 1 fully saturated rings. The van der Waals surface area contributed by atoms with Gasteiger partial charge in [-0.1, -0.05) is 29.8 Å². The van der Waals surface area contributed by atoms with E-state index in [1.807, 2.05) is 24.3 Å². The fourth-order valence-electron chi connectivity index (χ4n) is 2.76. The lowest BCUT2D eigenvalue weighted by Crippen LogP contribution is -2.42. The van der Waals surface area contributed by atoms with Gasteiger partial charge in [-0.25, -0.2) is 4.98 Å². The van der Waals surface area contributed by atoms with Crippen LogP contribution in [0.3, 0.4) is 0 Å². The van der Waals surface area contributed by atoms with E-state index in [9.17, 15) is 4.79 Å². The lowest BCUT2D eigenvalue weighted by molar-refractivity contribution is -0.122. The third-order valence-corrected chi connectivity index (χ3v) is 4.16. The van der Waals surface area contributed by atoms with Crippen molar-refractivity contribution in [2.24, 2.45) is 0 Å². The Bertz CT molecular complexity index is 643. The predicted molar refractivity (Wildman–Crippen MR) is 89.0 cm³/mol. The molecule has 0 spiro atoms. The van der Waals surface area contributed by atoms with Gasteiger partial charge in [0, 0.05) is 24.4 Å². The van der Waals surface area contributed by atoms with Crippen LogP contribution in [0.4, 0.5) is 0 Å². The first kappa shape index (κ1) is 15.7. The van der Waals surface area contributed by atoms with E-state index < -0.39 is 0 Å². The third-order valence-electron chi connectivity index (χ3n) is 4.16. The van der Waals surface area contributed by atoms with E-state index in [0.717, 1.165) is 37.3 Å². The Morgan fingerprint density at radius 2 is 2.04 bits per heavy atom. The summed E-state index contributed by atoms with van der Waals surface area (Å²) >= 11 is 0. The fraction of sp³-hybridized carbons (Fsp3) is 0.444. The van der Waals surface area contributed by atoms with Crippen LogP contribution >= 0.6 is 0 Å². The second-order valence-electron chi connectivity index (χ2n) is 6.08. The maximum atomic E-state index is 12.0. The number of amides is 1. The van der Waals surface area contributed by atoms with E-state index in [1.54, 1.807) is 6.20 Å². The molecule has 5 nitrogen and oxygen atoms in total. The number of hydrogen-bond donors (Lipinski definition) is 2. The van der Waals surface area contributed by atoms with Gasteiger partial charge >= 0.3 is 0 Å². The molecule has 3 rings (SSSR count). The van der Waals surface area contributed by atoms with Gasteiger partial charge in [-0.2, -0.15) is 0 Å². The van der Waals surface area contributed by atoms with Gasteiger partial charge in [-0.05, 0) is 32.9 Å². The number of aromatic nitrogens is 1. The van der Waals surface area contributed by atoms with E-state index in [4.69, 9.17) is 4.42 Å². The smallest absolute Gasteiger partial charge is 0.220 e. The summed E-state index contributed by atoms with van der Waals surface area (Å²) < 4.78 is 5.75. The van der Waals surface area contributed by atoms with Gasteiger partial charge in [0.05, 0.1) is 6.20 Å². The number of carbonyl (C=O) groups is 1. The number of piperidine rings is 1. The second kappa shape index (κ2) is 7.42. The SMILES string of the molecule is Cc1ccc(-c2cnc(CCC(=O)NC3CCNCC3)o2)cc1. The topological polar surface area (TPSA) is 67.2 Å². The number of nitrogens with zero attached hydrogens (tertiary/aromatic N) is 1. The molecule has 122 valence electrons. The number of oxazole rings is 1. The molecule has 0 radical (unpaired) electrons. The van der Waals surface area contributed by atoms with Crippen LogP contribution in [0.15, 0.2) is 34.9 Å². The molecule has 2 N–H and O–H groups in total. The largest absolute Gasteiger partial charge is 0.441 e. The van der Waals surface area contributed by atoms with Gasteiger partial charge in [-0.15, -0.1) is 0 Å². The minimum Gasteiger partial charge on any atom is -0.441 e. The molecular formula is C18H23N3O2. The molecule has 2 aromatic rings. The van der Waals surface area contributed by atoms with Crippen molar-refractivity contribution in [3.8, 4) is 11.3 Å². The molecule has 0 aliphatic carbocycles. The maximum absolute atomic E-state index is 12.0. The van der Waals surface area contributed by atoms with E-state index in [2.05, 4.69) is 22.5 Å². The molecule has 23 heavy (non-hydrogen) atoms. The van der Waals surface area contributed by atoms with E-state index in [1.165, 1.54) is 5.56 Å². The van der Waals surface area contributed by atoms with Gasteiger partial charge in [0.1, 0.15) is 0 Å². The molecule has 2 heterocycles.